The Bertz CT molecular complexity index is 1020. The van der Waals surface area contributed by atoms with E-state index in [0.29, 0.717) is 5.75 Å². The lowest BCUT2D eigenvalue weighted by Gasteiger charge is -2.35. The van der Waals surface area contributed by atoms with E-state index in [0.717, 1.165) is 62.6 Å². The van der Waals surface area contributed by atoms with Crippen molar-refractivity contribution in [1.82, 2.24) is 9.80 Å². The van der Waals surface area contributed by atoms with Crippen LogP contribution in [0.1, 0.15) is 29.2 Å². The second-order valence-corrected chi connectivity index (χ2v) is 8.67. The normalized spacial score (nSPS) is 15.8. The van der Waals surface area contributed by atoms with Crippen molar-refractivity contribution in [3.8, 4) is 11.5 Å². The zero-order valence-electron chi connectivity index (χ0n) is 19.5. The Kier molecular flexibility index (Phi) is 7.97. The molecule has 0 saturated carbocycles. The van der Waals surface area contributed by atoms with Gasteiger partial charge in [0.15, 0.2) is 11.6 Å². The molecule has 0 bridgehead atoms. The van der Waals surface area contributed by atoms with Gasteiger partial charge in [0.25, 0.3) is 0 Å². The first-order valence-electron chi connectivity index (χ1n) is 11.7. The summed E-state index contributed by atoms with van der Waals surface area (Å²) >= 11 is 0. The molecule has 5 heteroatoms. The topological polar surface area (TPSA) is 24.9 Å². The molecule has 1 aliphatic heterocycles. The van der Waals surface area contributed by atoms with Crippen LogP contribution >= 0.6 is 0 Å². The van der Waals surface area contributed by atoms with Gasteiger partial charge in [-0.05, 0) is 36.2 Å². The number of hydrogen-bond donors (Lipinski definition) is 0. The van der Waals surface area contributed by atoms with E-state index in [4.69, 9.17) is 9.47 Å². The van der Waals surface area contributed by atoms with Crippen LogP contribution in [0.5, 0.6) is 11.5 Å². The van der Waals surface area contributed by atoms with Crippen molar-refractivity contribution in [1.29, 1.82) is 0 Å². The van der Waals surface area contributed by atoms with Crippen molar-refractivity contribution in [2.75, 3.05) is 39.8 Å². The third kappa shape index (κ3) is 6.34. The Balaban J connectivity index is 1.40. The van der Waals surface area contributed by atoms with Crippen molar-refractivity contribution in [3.05, 3.63) is 95.3 Å². The highest BCUT2D eigenvalue weighted by molar-refractivity contribution is 5.37. The number of para-hydroxylation sites is 1. The fraction of sp³-hybridized carbons (Fsp3) is 0.357. The number of hydrogen-bond acceptors (Lipinski definition) is 4. The summed E-state index contributed by atoms with van der Waals surface area (Å²) in [6, 6.07) is 23.5. The van der Waals surface area contributed by atoms with Crippen LogP contribution in [0.3, 0.4) is 0 Å². The van der Waals surface area contributed by atoms with E-state index in [2.05, 4.69) is 40.1 Å². The van der Waals surface area contributed by atoms with Crippen LogP contribution < -0.4 is 9.47 Å². The summed E-state index contributed by atoms with van der Waals surface area (Å²) in [5, 5.41) is 0. The zero-order valence-corrected chi connectivity index (χ0v) is 19.5. The summed E-state index contributed by atoms with van der Waals surface area (Å²) in [5.74, 6) is 0.719. The number of halogens is 1. The maximum absolute atomic E-state index is 14.5. The molecule has 0 spiro atoms. The molecular weight excluding hydrogens is 415 g/mol. The van der Waals surface area contributed by atoms with Gasteiger partial charge >= 0.3 is 0 Å². The van der Waals surface area contributed by atoms with Crippen molar-refractivity contribution in [2.24, 2.45) is 0 Å². The highest BCUT2D eigenvalue weighted by Crippen LogP contribution is 2.33. The lowest BCUT2D eigenvalue weighted by Crippen LogP contribution is -2.46. The number of benzene rings is 3. The first kappa shape index (κ1) is 23.3. The molecule has 0 N–H and O–H groups in total. The Labute approximate surface area is 196 Å². The summed E-state index contributed by atoms with van der Waals surface area (Å²) < 4.78 is 26.3. The van der Waals surface area contributed by atoms with Gasteiger partial charge in [0.2, 0.25) is 0 Å². The number of rotatable bonds is 9. The molecule has 1 atom stereocenters. The fourth-order valence-corrected chi connectivity index (χ4v) is 4.38. The van der Waals surface area contributed by atoms with E-state index in [9.17, 15) is 4.39 Å². The van der Waals surface area contributed by atoms with Crippen molar-refractivity contribution in [2.45, 2.75) is 26.0 Å². The van der Waals surface area contributed by atoms with E-state index in [1.165, 1.54) is 11.6 Å². The average molecular weight is 449 g/mol. The SMILES string of the molecule is COc1ccccc1C(CCN1CCN(Cc2ccccc2)CC1)Oc1cc(C)ccc1F. The zero-order chi connectivity index (χ0) is 23.0. The van der Waals surface area contributed by atoms with Crippen molar-refractivity contribution in [3.63, 3.8) is 0 Å². The Morgan fingerprint density at radius 3 is 2.30 bits per heavy atom. The monoisotopic (exact) mass is 448 g/mol. The minimum absolute atomic E-state index is 0.290. The standard InChI is InChI=1S/C28H33FN2O2/c1-22-12-13-25(29)28(20-22)33-27(24-10-6-7-11-26(24)32-2)14-15-30-16-18-31(19-17-30)21-23-8-4-3-5-9-23/h3-13,20,27H,14-19,21H2,1-2H3. The molecule has 1 aliphatic rings. The van der Waals surface area contributed by atoms with Gasteiger partial charge in [-0.15, -0.1) is 0 Å². The van der Waals surface area contributed by atoms with Crippen LogP contribution in [-0.2, 0) is 6.54 Å². The number of aryl methyl sites for hydroxylation is 1. The largest absolute Gasteiger partial charge is 0.496 e. The van der Waals surface area contributed by atoms with Crippen LogP contribution in [0.2, 0.25) is 0 Å². The molecule has 1 heterocycles. The van der Waals surface area contributed by atoms with Gasteiger partial charge in [-0.25, -0.2) is 4.39 Å². The van der Waals surface area contributed by atoms with Crippen molar-refractivity contribution < 1.29 is 13.9 Å². The minimum atomic E-state index is -0.338. The van der Waals surface area contributed by atoms with Crippen LogP contribution in [0.4, 0.5) is 4.39 Å². The average Bonchev–Trinajstić information content (AvgIpc) is 2.85. The molecule has 0 aromatic heterocycles. The lowest BCUT2D eigenvalue weighted by molar-refractivity contribution is 0.105. The Morgan fingerprint density at radius 1 is 0.848 bits per heavy atom. The molecular formula is C28H33FN2O2. The van der Waals surface area contributed by atoms with E-state index < -0.39 is 0 Å². The molecule has 3 aromatic rings. The van der Waals surface area contributed by atoms with Gasteiger partial charge in [-0.3, -0.25) is 4.90 Å². The van der Waals surface area contributed by atoms with Crippen LogP contribution in [0, 0.1) is 12.7 Å². The van der Waals surface area contributed by atoms with Crippen LogP contribution in [-0.4, -0.2) is 49.6 Å². The van der Waals surface area contributed by atoms with Crippen LogP contribution in [0.25, 0.3) is 0 Å². The van der Waals surface area contributed by atoms with Gasteiger partial charge in [-0.1, -0.05) is 54.6 Å². The Morgan fingerprint density at radius 2 is 1.55 bits per heavy atom. The molecule has 3 aromatic carbocycles. The summed E-state index contributed by atoms with van der Waals surface area (Å²) in [7, 11) is 1.66. The first-order chi connectivity index (χ1) is 16.1. The maximum atomic E-state index is 14.5. The molecule has 0 aliphatic carbocycles. The third-order valence-corrected chi connectivity index (χ3v) is 6.26. The summed E-state index contributed by atoms with van der Waals surface area (Å²) in [4.78, 5) is 4.97. The molecule has 1 unspecified atom stereocenters. The predicted molar refractivity (Wildman–Crippen MR) is 130 cm³/mol. The highest BCUT2D eigenvalue weighted by Gasteiger charge is 2.23. The molecule has 4 nitrogen and oxygen atoms in total. The molecule has 0 amide bonds. The minimum Gasteiger partial charge on any atom is -0.496 e. The Hall–Kier alpha value is -2.89. The smallest absolute Gasteiger partial charge is 0.165 e. The summed E-state index contributed by atoms with van der Waals surface area (Å²) in [6.07, 6.45) is 0.465. The fourth-order valence-electron chi connectivity index (χ4n) is 4.38. The van der Waals surface area contributed by atoms with E-state index in [1.807, 2.05) is 31.2 Å². The molecule has 4 rings (SSSR count). The lowest BCUT2D eigenvalue weighted by atomic mass is 10.0. The van der Waals surface area contributed by atoms with Crippen LogP contribution in [0.15, 0.2) is 72.8 Å². The number of methoxy groups -OCH3 is 1. The first-order valence-corrected chi connectivity index (χ1v) is 11.7. The van der Waals surface area contributed by atoms with Gasteiger partial charge in [-0.2, -0.15) is 0 Å². The van der Waals surface area contributed by atoms with Gasteiger partial charge < -0.3 is 14.4 Å². The second-order valence-electron chi connectivity index (χ2n) is 8.67. The quantitative estimate of drug-likeness (QED) is 0.433. The molecule has 1 saturated heterocycles. The van der Waals surface area contributed by atoms with Crippen molar-refractivity contribution >= 4 is 0 Å². The molecule has 174 valence electrons. The van der Waals surface area contributed by atoms with E-state index >= 15 is 0 Å². The predicted octanol–water partition coefficient (Wildman–Crippen LogP) is 5.47. The summed E-state index contributed by atoms with van der Waals surface area (Å²) in [5.41, 5.74) is 3.28. The number of piperazine rings is 1. The van der Waals surface area contributed by atoms with Gasteiger partial charge in [0.1, 0.15) is 11.9 Å². The second kappa shape index (κ2) is 11.3. The third-order valence-electron chi connectivity index (χ3n) is 6.26. The summed E-state index contributed by atoms with van der Waals surface area (Å²) in [6.45, 7) is 7.95. The molecule has 33 heavy (non-hydrogen) atoms. The maximum Gasteiger partial charge on any atom is 0.165 e. The number of nitrogens with zero attached hydrogens (tertiary/aromatic N) is 2. The van der Waals surface area contributed by atoms with Gasteiger partial charge in [0, 0.05) is 51.3 Å². The van der Waals surface area contributed by atoms with E-state index in [1.54, 1.807) is 19.2 Å². The van der Waals surface area contributed by atoms with Gasteiger partial charge in [0.05, 0.1) is 7.11 Å². The van der Waals surface area contributed by atoms with E-state index in [-0.39, 0.29) is 11.9 Å². The number of ether oxygens (including phenoxy) is 2. The highest BCUT2D eigenvalue weighted by atomic mass is 19.1. The molecule has 1 fully saturated rings. The molecule has 0 radical (unpaired) electrons.